The molecule has 1 unspecified atom stereocenters. The normalized spacial score (nSPS) is 23.2. The number of rotatable bonds is 4. The molecule has 0 bridgehead atoms. The summed E-state index contributed by atoms with van der Waals surface area (Å²) in [6.45, 7) is 1.88. The van der Waals surface area contributed by atoms with Crippen LogP contribution in [-0.4, -0.2) is 37.0 Å². The fourth-order valence-corrected chi connectivity index (χ4v) is 4.80. The van der Waals surface area contributed by atoms with Crippen molar-refractivity contribution in [2.75, 3.05) is 24.7 Å². The maximum atomic E-state index is 14.3. The standard InChI is InChI=1S/C24H29F2N3O/c1-14-4-9-21(26)20-13-22(28-23(14)20)24(30)27-18-11-16(10-17(25)12-18)15-5-7-19(8-6-15)29(2)3/h4,9-12,15,19,22,28H,5-8,13H2,1-3H3,(H,27,30)/t15-,19+,22?. The average molecular weight is 414 g/mol. The van der Waals surface area contributed by atoms with E-state index in [0.717, 1.165) is 36.8 Å². The van der Waals surface area contributed by atoms with Crippen LogP contribution in [-0.2, 0) is 11.2 Å². The first-order chi connectivity index (χ1) is 14.3. The topological polar surface area (TPSA) is 44.4 Å². The largest absolute Gasteiger partial charge is 0.373 e. The predicted molar refractivity (Wildman–Crippen MR) is 116 cm³/mol. The Labute approximate surface area is 176 Å². The Bertz CT molecular complexity index is 921. The van der Waals surface area contributed by atoms with Gasteiger partial charge in [0.2, 0.25) is 5.91 Å². The smallest absolute Gasteiger partial charge is 0.247 e. The number of benzene rings is 2. The van der Waals surface area contributed by atoms with Crippen molar-refractivity contribution in [3.8, 4) is 0 Å². The van der Waals surface area contributed by atoms with Crippen molar-refractivity contribution in [2.24, 2.45) is 0 Å². The maximum absolute atomic E-state index is 14.3. The zero-order valence-corrected chi connectivity index (χ0v) is 17.8. The van der Waals surface area contributed by atoms with Crippen LogP contribution in [0, 0.1) is 18.6 Å². The minimum absolute atomic E-state index is 0.280. The Balaban J connectivity index is 1.45. The quantitative estimate of drug-likeness (QED) is 0.754. The zero-order valence-electron chi connectivity index (χ0n) is 17.8. The van der Waals surface area contributed by atoms with Gasteiger partial charge in [-0.2, -0.15) is 0 Å². The Morgan fingerprint density at radius 1 is 1.10 bits per heavy atom. The van der Waals surface area contributed by atoms with Gasteiger partial charge in [-0.05, 0) is 88.0 Å². The van der Waals surface area contributed by atoms with E-state index in [1.165, 1.54) is 12.1 Å². The number of nitrogens with zero attached hydrogens (tertiary/aromatic N) is 1. The fraction of sp³-hybridized carbons (Fsp3) is 0.458. The van der Waals surface area contributed by atoms with E-state index in [2.05, 4.69) is 29.6 Å². The van der Waals surface area contributed by atoms with E-state index in [9.17, 15) is 13.6 Å². The lowest BCUT2D eigenvalue weighted by Gasteiger charge is -2.33. The van der Waals surface area contributed by atoms with Crippen LogP contribution in [0.25, 0.3) is 0 Å². The summed E-state index contributed by atoms with van der Waals surface area (Å²) in [4.78, 5) is 15.1. The van der Waals surface area contributed by atoms with Gasteiger partial charge < -0.3 is 15.5 Å². The van der Waals surface area contributed by atoms with Crippen molar-refractivity contribution < 1.29 is 13.6 Å². The molecular weight excluding hydrogens is 384 g/mol. The third-order valence-corrected chi connectivity index (χ3v) is 6.59. The highest BCUT2D eigenvalue weighted by Crippen LogP contribution is 2.36. The van der Waals surface area contributed by atoms with E-state index in [1.807, 2.05) is 13.0 Å². The first kappa shape index (κ1) is 20.8. The van der Waals surface area contributed by atoms with Crippen molar-refractivity contribution in [1.29, 1.82) is 0 Å². The molecule has 0 aromatic heterocycles. The summed E-state index contributed by atoms with van der Waals surface area (Å²) < 4.78 is 28.4. The van der Waals surface area contributed by atoms with Gasteiger partial charge in [-0.15, -0.1) is 0 Å². The molecule has 1 aliphatic carbocycles. The van der Waals surface area contributed by atoms with E-state index in [4.69, 9.17) is 0 Å². The molecule has 1 aliphatic heterocycles. The van der Waals surface area contributed by atoms with Gasteiger partial charge in [0.1, 0.15) is 17.7 Å². The molecule has 2 aromatic carbocycles. The number of amides is 1. The van der Waals surface area contributed by atoms with E-state index >= 15 is 0 Å². The van der Waals surface area contributed by atoms with Crippen LogP contribution < -0.4 is 10.6 Å². The molecule has 0 spiro atoms. The van der Waals surface area contributed by atoms with Crippen molar-refractivity contribution in [2.45, 2.75) is 57.0 Å². The van der Waals surface area contributed by atoms with E-state index in [0.29, 0.717) is 28.9 Å². The van der Waals surface area contributed by atoms with Crippen LogP contribution in [0.1, 0.15) is 48.3 Å². The van der Waals surface area contributed by atoms with Gasteiger partial charge >= 0.3 is 0 Å². The molecule has 1 fully saturated rings. The third-order valence-electron chi connectivity index (χ3n) is 6.59. The van der Waals surface area contributed by atoms with Crippen LogP contribution in [0.4, 0.5) is 20.2 Å². The molecule has 2 aliphatic rings. The van der Waals surface area contributed by atoms with Gasteiger partial charge in [0.05, 0.1) is 0 Å². The Morgan fingerprint density at radius 2 is 1.83 bits per heavy atom. The second-order valence-electron chi connectivity index (χ2n) is 8.85. The average Bonchev–Trinajstić information content (AvgIpc) is 3.17. The first-order valence-corrected chi connectivity index (χ1v) is 10.6. The number of fused-ring (bicyclic) bond motifs is 1. The minimum Gasteiger partial charge on any atom is -0.373 e. The van der Waals surface area contributed by atoms with Gasteiger partial charge in [0.15, 0.2) is 0 Å². The number of halogens is 2. The highest BCUT2D eigenvalue weighted by Gasteiger charge is 2.30. The summed E-state index contributed by atoms with van der Waals surface area (Å²) in [5, 5.41) is 5.95. The summed E-state index contributed by atoms with van der Waals surface area (Å²) in [5.74, 6) is -0.627. The minimum atomic E-state index is -0.571. The summed E-state index contributed by atoms with van der Waals surface area (Å²) in [5.41, 5.74) is 3.52. The number of carbonyl (C=O) groups is 1. The van der Waals surface area contributed by atoms with Crippen LogP contribution in [0.3, 0.4) is 0 Å². The summed E-state index contributed by atoms with van der Waals surface area (Å²) in [7, 11) is 4.20. The maximum Gasteiger partial charge on any atom is 0.247 e. The van der Waals surface area contributed by atoms with Gasteiger partial charge in [-0.1, -0.05) is 6.07 Å². The highest BCUT2D eigenvalue weighted by molar-refractivity contribution is 5.98. The second-order valence-corrected chi connectivity index (χ2v) is 8.85. The molecule has 2 aromatic rings. The lowest BCUT2D eigenvalue weighted by atomic mass is 9.81. The third kappa shape index (κ3) is 4.19. The molecular formula is C24H29F2N3O. The molecule has 1 amide bonds. The second kappa shape index (κ2) is 8.34. The van der Waals surface area contributed by atoms with E-state index in [-0.39, 0.29) is 24.0 Å². The zero-order chi connectivity index (χ0) is 21.4. The first-order valence-electron chi connectivity index (χ1n) is 10.6. The summed E-state index contributed by atoms with van der Waals surface area (Å²) >= 11 is 0. The van der Waals surface area contributed by atoms with Gasteiger partial charge in [-0.3, -0.25) is 4.79 Å². The number of aryl methyl sites for hydroxylation is 1. The molecule has 4 rings (SSSR count). The molecule has 30 heavy (non-hydrogen) atoms. The predicted octanol–water partition coefficient (Wildman–Crippen LogP) is 4.84. The molecule has 0 radical (unpaired) electrons. The fourth-order valence-electron chi connectivity index (χ4n) is 4.80. The SMILES string of the molecule is Cc1ccc(F)c2c1NC(C(=O)Nc1cc(F)cc([C@H]3CC[C@@H](N(C)C)CC3)c1)C2. The molecule has 1 atom stereocenters. The van der Waals surface area contributed by atoms with Gasteiger partial charge in [0, 0.05) is 29.4 Å². The molecule has 1 heterocycles. The van der Waals surface area contributed by atoms with E-state index in [1.54, 1.807) is 12.1 Å². The van der Waals surface area contributed by atoms with Crippen LogP contribution in [0.15, 0.2) is 30.3 Å². The molecule has 0 saturated heterocycles. The Kier molecular flexibility index (Phi) is 5.78. The van der Waals surface area contributed by atoms with Crippen molar-refractivity contribution >= 4 is 17.3 Å². The number of carbonyl (C=O) groups excluding carboxylic acids is 1. The number of hydrogen-bond donors (Lipinski definition) is 2. The summed E-state index contributed by atoms with van der Waals surface area (Å²) in [6, 6.07) is 7.95. The van der Waals surface area contributed by atoms with Crippen molar-refractivity contribution in [1.82, 2.24) is 4.90 Å². The molecule has 2 N–H and O–H groups in total. The lowest BCUT2D eigenvalue weighted by Crippen LogP contribution is -2.33. The van der Waals surface area contributed by atoms with Crippen LogP contribution in [0.5, 0.6) is 0 Å². The monoisotopic (exact) mass is 413 g/mol. The van der Waals surface area contributed by atoms with Crippen molar-refractivity contribution in [3.63, 3.8) is 0 Å². The van der Waals surface area contributed by atoms with Gasteiger partial charge in [-0.25, -0.2) is 8.78 Å². The Hall–Kier alpha value is -2.47. The molecule has 4 nitrogen and oxygen atoms in total. The summed E-state index contributed by atoms with van der Waals surface area (Å²) in [6.07, 6.45) is 4.48. The van der Waals surface area contributed by atoms with Gasteiger partial charge in [0.25, 0.3) is 0 Å². The number of hydrogen-bond acceptors (Lipinski definition) is 3. The number of anilines is 2. The van der Waals surface area contributed by atoms with Crippen molar-refractivity contribution in [3.05, 3.63) is 58.7 Å². The molecule has 1 saturated carbocycles. The molecule has 160 valence electrons. The Morgan fingerprint density at radius 3 is 2.50 bits per heavy atom. The van der Waals surface area contributed by atoms with E-state index < -0.39 is 6.04 Å². The lowest BCUT2D eigenvalue weighted by molar-refractivity contribution is -0.116. The molecule has 6 heteroatoms. The van der Waals surface area contributed by atoms with Crippen LogP contribution >= 0.6 is 0 Å². The number of nitrogens with one attached hydrogen (secondary N) is 2. The van der Waals surface area contributed by atoms with Crippen LogP contribution in [0.2, 0.25) is 0 Å². The highest BCUT2D eigenvalue weighted by atomic mass is 19.1.